The minimum Gasteiger partial charge on any atom is -0.324 e. The third-order valence-corrected chi connectivity index (χ3v) is 5.98. The van der Waals surface area contributed by atoms with Crippen molar-refractivity contribution in [3.8, 4) is 0 Å². The number of carbonyl (C=O) groups is 1. The quantitative estimate of drug-likeness (QED) is 0.670. The van der Waals surface area contributed by atoms with Crippen molar-refractivity contribution in [3.63, 3.8) is 0 Å². The first kappa shape index (κ1) is 18.8. The van der Waals surface area contributed by atoms with Gasteiger partial charge in [-0.05, 0) is 29.8 Å². The SMILES string of the molecule is CCc1nnc2n1N[C@@H](c1ccc(F)cc1)[C@H](C(=O)Nc1ccccc1Cl)S2. The Kier molecular flexibility index (Phi) is 5.23. The summed E-state index contributed by atoms with van der Waals surface area (Å²) in [6.07, 6.45) is 0.688. The molecule has 2 atom stereocenters. The van der Waals surface area contributed by atoms with Crippen LogP contribution in [0.2, 0.25) is 5.02 Å². The molecule has 0 aliphatic carbocycles. The van der Waals surface area contributed by atoms with Gasteiger partial charge in [-0.15, -0.1) is 10.2 Å². The van der Waals surface area contributed by atoms with E-state index < -0.39 is 11.3 Å². The molecule has 0 bridgehead atoms. The molecule has 0 saturated carbocycles. The van der Waals surface area contributed by atoms with Crippen molar-refractivity contribution in [2.45, 2.75) is 29.8 Å². The number of amides is 1. The number of rotatable bonds is 4. The molecule has 0 fully saturated rings. The lowest BCUT2D eigenvalue weighted by atomic mass is 10.0. The summed E-state index contributed by atoms with van der Waals surface area (Å²) in [5.74, 6) is 0.204. The summed E-state index contributed by atoms with van der Waals surface area (Å²) in [6, 6.07) is 12.8. The Bertz CT molecular complexity index is 1010. The summed E-state index contributed by atoms with van der Waals surface area (Å²) in [5, 5.41) is 11.7. The highest BCUT2D eigenvalue weighted by Gasteiger charge is 2.37. The summed E-state index contributed by atoms with van der Waals surface area (Å²) in [7, 11) is 0. The van der Waals surface area contributed by atoms with E-state index in [1.807, 2.05) is 6.92 Å². The molecular weight excluding hydrogens is 401 g/mol. The molecule has 1 amide bonds. The topological polar surface area (TPSA) is 71.8 Å². The number of hydrogen-bond donors (Lipinski definition) is 2. The zero-order valence-corrected chi connectivity index (χ0v) is 16.5. The maximum absolute atomic E-state index is 13.4. The van der Waals surface area contributed by atoms with Crippen molar-refractivity contribution in [1.82, 2.24) is 14.9 Å². The Labute approximate surface area is 170 Å². The van der Waals surface area contributed by atoms with E-state index in [0.29, 0.717) is 22.3 Å². The Morgan fingerprint density at radius 1 is 1.25 bits per heavy atom. The Morgan fingerprint density at radius 2 is 2.00 bits per heavy atom. The van der Waals surface area contributed by atoms with Crippen LogP contribution >= 0.6 is 23.4 Å². The van der Waals surface area contributed by atoms with Crippen LogP contribution in [-0.4, -0.2) is 26.0 Å². The highest BCUT2D eigenvalue weighted by Crippen LogP contribution is 2.38. The third kappa shape index (κ3) is 3.57. The van der Waals surface area contributed by atoms with E-state index in [2.05, 4.69) is 20.9 Å². The van der Waals surface area contributed by atoms with Crippen LogP contribution in [0.25, 0.3) is 0 Å². The number of aryl methyl sites for hydroxylation is 1. The van der Waals surface area contributed by atoms with Gasteiger partial charge in [0, 0.05) is 6.42 Å². The van der Waals surface area contributed by atoms with Crippen molar-refractivity contribution in [2.75, 3.05) is 10.7 Å². The predicted molar refractivity (Wildman–Crippen MR) is 108 cm³/mol. The van der Waals surface area contributed by atoms with Crippen molar-refractivity contribution < 1.29 is 9.18 Å². The number of para-hydroxylation sites is 1. The molecule has 2 N–H and O–H groups in total. The lowest BCUT2D eigenvalue weighted by molar-refractivity contribution is -0.116. The van der Waals surface area contributed by atoms with E-state index >= 15 is 0 Å². The van der Waals surface area contributed by atoms with Crippen LogP contribution in [0.3, 0.4) is 0 Å². The van der Waals surface area contributed by atoms with E-state index in [9.17, 15) is 9.18 Å². The van der Waals surface area contributed by atoms with Gasteiger partial charge in [-0.3, -0.25) is 4.79 Å². The molecule has 1 aliphatic heterocycles. The highest BCUT2D eigenvalue weighted by molar-refractivity contribution is 8.00. The molecule has 0 saturated heterocycles. The van der Waals surface area contributed by atoms with Gasteiger partial charge in [-0.25, -0.2) is 9.07 Å². The van der Waals surface area contributed by atoms with Crippen LogP contribution in [0.1, 0.15) is 24.4 Å². The van der Waals surface area contributed by atoms with Crippen LogP contribution in [-0.2, 0) is 11.2 Å². The van der Waals surface area contributed by atoms with E-state index in [0.717, 1.165) is 11.4 Å². The summed E-state index contributed by atoms with van der Waals surface area (Å²) in [4.78, 5) is 13.1. The maximum atomic E-state index is 13.4. The van der Waals surface area contributed by atoms with Crippen molar-refractivity contribution in [2.24, 2.45) is 0 Å². The van der Waals surface area contributed by atoms with E-state index in [-0.39, 0.29) is 11.7 Å². The molecule has 9 heteroatoms. The number of anilines is 1. The number of halogens is 2. The van der Waals surface area contributed by atoms with Crippen molar-refractivity contribution in [1.29, 1.82) is 0 Å². The number of benzene rings is 2. The lowest BCUT2D eigenvalue weighted by Gasteiger charge is -2.33. The molecule has 1 aliphatic rings. The molecule has 144 valence electrons. The second kappa shape index (κ2) is 7.81. The highest BCUT2D eigenvalue weighted by atomic mass is 35.5. The molecule has 3 aromatic rings. The van der Waals surface area contributed by atoms with Crippen LogP contribution in [0, 0.1) is 5.82 Å². The Morgan fingerprint density at radius 3 is 2.71 bits per heavy atom. The summed E-state index contributed by atoms with van der Waals surface area (Å²) in [5.41, 5.74) is 4.64. The predicted octanol–water partition coefficient (Wildman–Crippen LogP) is 4.03. The maximum Gasteiger partial charge on any atom is 0.240 e. The van der Waals surface area contributed by atoms with Crippen LogP contribution in [0.15, 0.2) is 53.7 Å². The molecule has 0 spiro atoms. The van der Waals surface area contributed by atoms with Gasteiger partial charge < -0.3 is 10.7 Å². The average molecular weight is 418 g/mol. The summed E-state index contributed by atoms with van der Waals surface area (Å²) >= 11 is 7.49. The first-order chi connectivity index (χ1) is 13.6. The minimum atomic E-state index is -0.553. The molecule has 1 aromatic heterocycles. The van der Waals surface area contributed by atoms with Crippen molar-refractivity contribution in [3.05, 3.63) is 70.8 Å². The lowest BCUT2D eigenvalue weighted by Crippen LogP contribution is -2.41. The number of nitrogens with zero attached hydrogens (tertiary/aromatic N) is 3. The Hall–Kier alpha value is -2.58. The van der Waals surface area contributed by atoms with Gasteiger partial charge in [0.05, 0.1) is 16.8 Å². The minimum absolute atomic E-state index is 0.229. The molecule has 0 radical (unpaired) electrons. The standard InChI is InChI=1S/C19H17ClFN5OS/c1-2-15-23-24-19-26(15)25-16(11-7-9-12(21)10-8-11)17(28-19)18(27)22-14-6-4-3-5-13(14)20/h3-10,16-17,25H,2H2,1H3,(H,22,27)/t16-,17+/m0/s1. The normalized spacial score (nSPS) is 18.2. The van der Waals surface area contributed by atoms with Crippen LogP contribution in [0.5, 0.6) is 0 Å². The number of fused-ring (bicyclic) bond motifs is 1. The first-order valence-electron chi connectivity index (χ1n) is 8.75. The van der Waals surface area contributed by atoms with Crippen LogP contribution < -0.4 is 10.7 Å². The molecule has 4 rings (SSSR count). The smallest absolute Gasteiger partial charge is 0.240 e. The summed E-state index contributed by atoms with van der Waals surface area (Å²) < 4.78 is 15.2. The van der Waals surface area contributed by atoms with Gasteiger partial charge in [-0.1, -0.05) is 54.6 Å². The van der Waals surface area contributed by atoms with E-state index in [4.69, 9.17) is 11.6 Å². The molecule has 2 heterocycles. The van der Waals surface area contributed by atoms with E-state index in [1.54, 1.807) is 41.1 Å². The van der Waals surface area contributed by atoms with Gasteiger partial charge in [0.1, 0.15) is 11.1 Å². The van der Waals surface area contributed by atoms with E-state index in [1.165, 1.54) is 23.9 Å². The van der Waals surface area contributed by atoms with Crippen molar-refractivity contribution >= 4 is 35.0 Å². The van der Waals surface area contributed by atoms with Gasteiger partial charge in [0.15, 0.2) is 5.82 Å². The summed E-state index contributed by atoms with van der Waals surface area (Å²) in [6.45, 7) is 1.98. The molecule has 28 heavy (non-hydrogen) atoms. The molecule has 0 unspecified atom stereocenters. The fraction of sp³-hybridized carbons (Fsp3) is 0.211. The fourth-order valence-electron chi connectivity index (χ4n) is 3.01. The first-order valence-corrected chi connectivity index (χ1v) is 10.0. The number of aromatic nitrogens is 3. The molecule has 2 aromatic carbocycles. The third-order valence-electron chi connectivity index (χ3n) is 4.44. The van der Waals surface area contributed by atoms with Gasteiger partial charge in [0.25, 0.3) is 0 Å². The zero-order valence-electron chi connectivity index (χ0n) is 14.9. The van der Waals surface area contributed by atoms with Gasteiger partial charge in [-0.2, -0.15) is 0 Å². The number of hydrogen-bond acceptors (Lipinski definition) is 5. The molecular formula is C19H17ClFN5OS. The van der Waals surface area contributed by atoms with Crippen LogP contribution in [0.4, 0.5) is 10.1 Å². The largest absolute Gasteiger partial charge is 0.324 e. The van der Waals surface area contributed by atoms with Gasteiger partial charge >= 0.3 is 0 Å². The average Bonchev–Trinajstić information content (AvgIpc) is 3.11. The monoisotopic (exact) mass is 417 g/mol. The fourth-order valence-corrected chi connectivity index (χ4v) is 4.30. The number of nitrogens with one attached hydrogen (secondary N) is 2. The number of thioether (sulfide) groups is 1. The second-order valence-corrected chi connectivity index (χ2v) is 7.77. The van der Waals surface area contributed by atoms with Gasteiger partial charge in [0.2, 0.25) is 11.1 Å². The molecule has 6 nitrogen and oxygen atoms in total. The Balaban J connectivity index is 1.68. The zero-order chi connectivity index (χ0) is 19.7. The second-order valence-electron chi connectivity index (χ2n) is 6.25. The number of carbonyl (C=O) groups excluding carboxylic acids is 1.